The number of hydrogen-bond acceptors (Lipinski definition) is 3. The summed E-state index contributed by atoms with van der Waals surface area (Å²) in [5.74, 6) is 0.829. The first-order valence-electron chi connectivity index (χ1n) is 6.02. The minimum Gasteiger partial charge on any atom is -0.493 e. The summed E-state index contributed by atoms with van der Waals surface area (Å²) < 4.78 is 11.3. The van der Waals surface area contributed by atoms with Gasteiger partial charge in [0.1, 0.15) is 5.75 Å². The van der Waals surface area contributed by atoms with E-state index in [-0.39, 0.29) is 0 Å². The number of rotatable bonds is 5. The molecule has 0 bridgehead atoms. The Morgan fingerprint density at radius 2 is 2.35 bits per heavy atom. The molecule has 0 amide bonds. The summed E-state index contributed by atoms with van der Waals surface area (Å²) >= 11 is 5.90. The molecule has 1 fully saturated rings. The van der Waals surface area contributed by atoms with E-state index in [0.29, 0.717) is 24.3 Å². The van der Waals surface area contributed by atoms with Gasteiger partial charge in [0, 0.05) is 30.2 Å². The number of hydrogen-bond donors (Lipinski definition) is 1. The molecule has 0 radical (unpaired) electrons. The molecular formula is C13H18ClNO2. The van der Waals surface area contributed by atoms with E-state index in [4.69, 9.17) is 26.8 Å². The van der Waals surface area contributed by atoms with Crippen LogP contribution in [-0.4, -0.2) is 19.3 Å². The van der Waals surface area contributed by atoms with Crippen LogP contribution in [0.4, 0.5) is 0 Å². The summed E-state index contributed by atoms with van der Waals surface area (Å²) in [4.78, 5) is 0. The van der Waals surface area contributed by atoms with Gasteiger partial charge in [0.25, 0.3) is 0 Å². The smallest absolute Gasteiger partial charge is 0.123 e. The lowest BCUT2D eigenvalue weighted by Crippen LogP contribution is -2.11. The van der Waals surface area contributed by atoms with Crippen molar-refractivity contribution in [2.45, 2.75) is 31.9 Å². The molecule has 2 rings (SSSR count). The SMILES string of the molecule is NCc1cc(Cl)ccc1OCCC1CCCO1. The van der Waals surface area contributed by atoms with Crippen LogP contribution in [0.5, 0.6) is 5.75 Å². The Morgan fingerprint density at radius 1 is 1.47 bits per heavy atom. The van der Waals surface area contributed by atoms with E-state index in [1.54, 1.807) is 0 Å². The van der Waals surface area contributed by atoms with Gasteiger partial charge < -0.3 is 15.2 Å². The van der Waals surface area contributed by atoms with Gasteiger partial charge in [0.05, 0.1) is 12.7 Å². The van der Waals surface area contributed by atoms with Crippen molar-refractivity contribution in [3.63, 3.8) is 0 Å². The Morgan fingerprint density at radius 3 is 3.06 bits per heavy atom. The zero-order chi connectivity index (χ0) is 12.1. The summed E-state index contributed by atoms with van der Waals surface area (Å²) in [6.07, 6.45) is 3.61. The molecule has 0 aromatic heterocycles. The topological polar surface area (TPSA) is 44.5 Å². The Labute approximate surface area is 107 Å². The van der Waals surface area contributed by atoms with E-state index < -0.39 is 0 Å². The first-order valence-corrected chi connectivity index (χ1v) is 6.40. The minimum atomic E-state index is 0.364. The highest BCUT2D eigenvalue weighted by atomic mass is 35.5. The first kappa shape index (κ1) is 12.7. The van der Waals surface area contributed by atoms with Crippen molar-refractivity contribution in [3.8, 4) is 5.75 Å². The van der Waals surface area contributed by atoms with E-state index in [9.17, 15) is 0 Å². The first-order chi connectivity index (χ1) is 8.29. The summed E-state index contributed by atoms with van der Waals surface area (Å²) in [6.45, 7) is 1.99. The Hall–Kier alpha value is -0.770. The Kier molecular flexibility index (Phi) is 4.66. The Bertz CT molecular complexity index is 364. The molecular weight excluding hydrogens is 238 g/mol. The highest BCUT2D eigenvalue weighted by Crippen LogP contribution is 2.23. The zero-order valence-electron chi connectivity index (χ0n) is 9.82. The second kappa shape index (κ2) is 6.24. The molecule has 1 aliphatic rings. The van der Waals surface area contributed by atoms with Crippen LogP contribution in [0.1, 0.15) is 24.8 Å². The molecule has 3 nitrogen and oxygen atoms in total. The predicted molar refractivity (Wildman–Crippen MR) is 68.4 cm³/mol. The van der Waals surface area contributed by atoms with E-state index >= 15 is 0 Å². The van der Waals surface area contributed by atoms with Crippen LogP contribution in [-0.2, 0) is 11.3 Å². The fourth-order valence-corrected chi connectivity index (χ4v) is 2.22. The van der Waals surface area contributed by atoms with E-state index in [1.807, 2.05) is 18.2 Å². The molecule has 1 atom stereocenters. The zero-order valence-corrected chi connectivity index (χ0v) is 10.6. The second-order valence-electron chi connectivity index (χ2n) is 4.23. The molecule has 0 aliphatic carbocycles. The van der Waals surface area contributed by atoms with Crippen molar-refractivity contribution in [3.05, 3.63) is 28.8 Å². The van der Waals surface area contributed by atoms with Crippen LogP contribution >= 0.6 is 11.6 Å². The normalized spacial score (nSPS) is 19.5. The summed E-state index contributed by atoms with van der Waals surface area (Å²) in [5, 5.41) is 0.692. The molecule has 1 aromatic rings. The number of halogens is 1. The third kappa shape index (κ3) is 3.60. The van der Waals surface area contributed by atoms with Gasteiger partial charge in [-0.2, -0.15) is 0 Å². The maximum Gasteiger partial charge on any atom is 0.123 e. The molecule has 4 heteroatoms. The lowest BCUT2D eigenvalue weighted by atomic mass is 10.2. The molecule has 1 aliphatic heterocycles. The van der Waals surface area contributed by atoms with Crippen LogP contribution in [0.2, 0.25) is 5.02 Å². The van der Waals surface area contributed by atoms with Crippen molar-refractivity contribution in [2.75, 3.05) is 13.2 Å². The fraction of sp³-hybridized carbons (Fsp3) is 0.538. The van der Waals surface area contributed by atoms with Gasteiger partial charge in [-0.25, -0.2) is 0 Å². The molecule has 94 valence electrons. The van der Waals surface area contributed by atoms with Crippen molar-refractivity contribution in [1.82, 2.24) is 0 Å². The van der Waals surface area contributed by atoms with Gasteiger partial charge in [-0.15, -0.1) is 0 Å². The number of nitrogens with two attached hydrogens (primary N) is 1. The monoisotopic (exact) mass is 255 g/mol. The lowest BCUT2D eigenvalue weighted by molar-refractivity contribution is 0.0902. The Balaban J connectivity index is 1.85. The number of benzene rings is 1. The molecule has 1 saturated heterocycles. The summed E-state index contributed by atoms with van der Waals surface area (Å²) in [5.41, 5.74) is 6.60. The van der Waals surface area contributed by atoms with Crippen LogP contribution < -0.4 is 10.5 Å². The largest absolute Gasteiger partial charge is 0.493 e. The minimum absolute atomic E-state index is 0.364. The van der Waals surface area contributed by atoms with E-state index in [0.717, 1.165) is 30.8 Å². The van der Waals surface area contributed by atoms with Gasteiger partial charge in [0.15, 0.2) is 0 Å². The molecule has 1 aromatic carbocycles. The van der Waals surface area contributed by atoms with Gasteiger partial charge in [0.2, 0.25) is 0 Å². The molecule has 17 heavy (non-hydrogen) atoms. The van der Waals surface area contributed by atoms with Crippen molar-refractivity contribution < 1.29 is 9.47 Å². The fourth-order valence-electron chi connectivity index (χ4n) is 2.02. The third-order valence-electron chi connectivity index (χ3n) is 2.96. The molecule has 0 spiro atoms. The molecule has 2 N–H and O–H groups in total. The maximum absolute atomic E-state index is 5.90. The van der Waals surface area contributed by atoms with Gasteiger partial charge in [-0.3, -0.25) is 0 Å². The standard InChI is InChI=1S/C13H18ClNO2/c14-11-3-4-13(10(8-11)9-15)17-7-5-12-2-1-6-16-12/h3-4,8,12H,1-2,5-7,9,15H2. The summed E-state index contributed by atoms with van der Waals surface area (Å²) in [6, 6.07) is 5.55. The summed E-state index contributed by atoms with van der Waals surface area (Å²) in [7, 11) is 0. The van der Waals surface area contributed by atoms with E-state index in [1.165, 1.54) is 6.42 Å². The van der Waals surface area contributed by atoms with Gasteiger partial charge in [-0.1, -0.05) is 11.6 Å². The quantitative estimate of drug-likeness (QED) is 0.880. The average molecular weight is 256 g/mol. The van der Waals surface area contributed by atoms with Gasteiger partial charge >= 0.3 is 0 Å². The molecule has 0 saturated carbocycles. The van der Waals surface area contributed by atoms with Gasteiger partial charge in [-0.05, 0) is 31.0 Å². The van der Waals surface area contributed by atoms with E-state index in [2.05, 4.69) is 0 Å². The predicted octanol–water partition coefficient (Wildman–Crippen LogP) is 2.75. The van der Waals surface area contributed by atoms with Crippen LogP contribution in [0.25, 0.3) is 0 Å². The second-order valence-corrected chi connectivity index (χ2v) is 4.66. The van der Waals surface area contributed by atoms with Crippen LogP contribution in [0.15, 0.2) is 18.2 Å². The highest BCUT2D eigenvalue weighted by molar-refractivity contribution is 6.30. The van der Waals surface area contributed by atoms with Crippen LogP contribution in [0, 0.1) is 0 Å². The van der Waals surface area contributed by atoms with Crippen molar-refractivity contribution in [1.29, 1.82) is 0 Å². The third-order valence-corrected chi connectivity index (χ3v) is 3.20. The molecule has 1 heterocycles. The lowest BCUT2D eigenvalue weighted by Gasteiger charge is -2.13. The highest BCUT2D eigenvalue weighted by Gasteiger charge is 2.15. The van der Waals surface area contributed by atoms with Crippen molar-refractivity contribution in [2.24, 2.45) is 5.73 Å². The number of ether oxygens (including phenoxy) is 2. The van der Waals surface area contributed by atoms with Crippen LogP contribution in [0.3, 0.4) is 0 Å². The maximum atomic E-state index is 5.90. The van der Waals surface area contributed by atoms with Crippen molar-refractivity contribution >= 4 is 11.6 Å². The average Bonchev–Trinajstić information content (AvgIpc) is 2.84. The molecule has 1 unspecified atom stereocenters.